The van der Waals surface area contributed by atoms with Crippen LogP contribution in [0.1, 0.15) is 72.9 Å². The summed E-state index contributed by atoms with van der Waals surface area (Å²) in [5.74, 6) is -3.33. The van der Waals surface area contributed by atoms with Gasteiger partial charge in [-0.1, -0.05) is 72.1 Å². The second-order valence-electron chi connectivity index (χ2n) is 13.8. The summed E-state index contributed by atoms with van der Waals surface area (Å²) in [6, 6.07) is 26.3. The average Bonchev–Trinajstić information content (AvgIpc) is 3.78. The van der Waals surface area contributed by atoms with Crippen molar-refractivity contribution in [1.82, 2.24) is 10.0 Å². The lowest BCUT2D eigenvalue weighted by atomic mass is 9.77. The van der Waals surface area contributed by atoms with E-state index in [0.717, 1.165) is 71.5 Å². The molecule has 4 aromatic carbocycles. The summed E-state index contributed by atoms with van der Waals surface area (Å²) < 4.78 is 56.4. The summed E-state index contributed by atoms with van der Waals surface area (Å²) in [7, 11) is 0. The van der Waals surface area contributed by atoms with Crippen molar-refractivity contribution in [3.8, 4) is 12.1 Å². The summed E-state index contributed by atoms with van der Waals surface area (Å²) >= 11 is 2.47. The van der Waals surface area contributed by atoms with E-state index in [4.69, 9.17) is 0 Å². The molecule has 0 fully saturated rings. The van der Waals surface area contributed by atoms with Crippen LogP contribution in [0.4, 0.5) is 17.6 Å². The number of benzene rings is 4. The SMILES string of the molecule is CC(=O)N1N=C(c2cc(F)ccc2F)S[C@@]12c1ccccc1CC[C@@H]2CC#N.CC(=O)N1N=C(c2cc(F)ccc2F)S[C@@]12c1ccccc1CC[C@H]2CC#N. The number of hydrazone groups is 2. The van der Waals surface area contributed by atoms with Crippen LogP contribution in [0.2, 0.25) is 0 Å². The van der Waals surface area contributed by atoms with Gasteiger partial charge in [-0.25, -0.2) is 27.6 Å². The number of carbonyl (C=O) groups excluding carboxylic acids is 2. The third-order valence-electron chi connectivity index (χ3n) is 10.5. The van der Waals surface area contributed by atoms with Crippen LogP contribution < -0.4 is 0 Å². The maximum atomic E-state index is 14.4. The van der Waals surface area contributed by atoms with Crippen LogP contribution in [0.5, 0.6) is 0 Å². The van der Waals surface area contributed by atoms with Crippen LogP contribution in [-0.4, -0.2) is 31.9 Å². The first-order valence-electron chi connectivity index (χ1n) is 17.9. The summed E-state index contributed by atoms with van der Waals surface area (Å²) in [6.07, 6.45) is 3.46. The zero-order chi connectivity index (χ0) is 39.8. The minimum absolute atomic E-state index is 0.0203. The van der Waals surface area contributed by atoms with E-state index >= 15 is 0 Å². The fourth-order valence-corrected chi connectivity index (χ4v) is 11.4. The first kappa shape index (κ1) is 38.8. The lowest BCUT2D eigenvalue weighted by Gasteiger charge is -2.45. The monoisotopic (exact) mass is 794 g/mol. The molecule has 4 atom stereocenters. The number of rotatable bonds is 4. The summed E-state index contributed by atoms with van der Waals surface area (Å²) in [6.45, 7) is 2.80. The zero-order valence-corrected chi connectivity index (χ0v) is 31.9. The molecule has 0 aromatic heterocycles. The highest BCUT2D eigenvalue weighted by molar-refractivity contribution is 8.15. The number of amides is 2. The first-order valence-corrected chi connectivity index (χ1v) is 19.6. The van der Waals surface area contributed by atoms with Crippen molar-refractivity contribution < 1.29 is 27.2 Å². The van der Waals surface area contributed by atoms with Crippen molar-refractivity contribution in [2.75, 3.05) is 0 Å². The van der Waals surface area contributed by atoms with Crippen LogP contribution in [-0.2, 0) is 32.2 Å². The Morgan fingerprint density at radius 2 is 1.07 bits per heavy atom. The van der Waals surface area contributed by atoms with E-state index in [2.05, 4.69) is 22.3 Å². The number of nitrogens with zero attached hydrogens (tertiary/aromatic N) is 6. The Bertz CT molecular complexity index is 2230. The molecule has 14 heteroatoms. The molecular formula is C42H34F4N6O2S2. The Hall–Kier alpha value is -5.44. The van der Waals surface area contributed by atoms with Crippen molar-refractivity contribution in [1.29, 1.82) is 10.5 Å². The highest BCUT2D eigenvalue weighted by Gasteiger charge is 2.57. The van der Waals surface area contributed by atoms with Gasteiger partial charge in [-0.15, -0.1) is 0 Å². The number of nitriles is 2. The molecule has 4 aliphatic rings. The molecule has 8 rings (SSSR count). The van der Waals surface area contributed by atoms with Gasteiger partial charge in [0.05, 0.1) is 12.1 Å². The molecule has 56 heavy (non-hydrogen) atoms. The second-order valence-corrected chi connectivity index (χ2v) is 16.3. The Morgan fingerprint density at radius 3 is 1.45 bits per heavy atom. The van der Waals surface area contributed by atoms with Gasteiger partial charge < -0.3 is 0 Å². The molecule has 0 unspecified atom stereocenters. The normalized spacial score (nSPS) is 23.3. The molecule has 2 amide bonds. The van der Waals surface area contributed by atoms with Crippen molar-refractivity contribution in [3.63, 3.8) is 0 Å². The maximum absolute atomic E-state index is 14.4. The molecule has 0 saturated carbocycles. The molecule has 284 valence electrons. The smallest absolute Gasteiger partial charge is 0.241 e. The van der Waals surface area contributed by atoms with Gasteiger partial charge in [-0.05, 0) is 84.3 Å². The molecule has 2 spiro atoms. The van der Waals surface area contributed by atoms with Gasteiger partial charge in [-0.3, -0.25) is 9.59 Å². The Morgan fingerprint density at radius 1 is 0.679 bits per heavy atom. The predicted octanol–water partition coefficient (Wildman–Crippen LogP) is 9.10. The quantitative estimate of drug-likeness (QED) is 0.191. The van der Waals surface area contributed by atoms with Crippen LogP contribution in [0.25, 0.3) is 0 Å². The topological polar surface area (TPSA) is 113 Å². The van der Waals surface area contributed by atoms with Crippen LogP contribution >= 0.6 is 23.5 Å². The molecule has 2 aliphatic heterocycles. The van der Waals surface area contributed by atoms with Crippen LogP contribution in [0, 0.1) is 57.8 Å². The van der Waals surface area contributed by atoms with E-state index in [1.165, 1.54) is 47.4 Å². The van der Waals surface area contributed by atoms with Gasteiger partial charge in [-0.2, -0.15) is 20.7 Å². The van der Waals surface area contributed by atoms with E-state index in [1.807, 2.05) is 48.5 Å². The second kappa shape index (κ2) is 15.6. The van der Waals surface area contributed by atoms with Gasteiger partial charge in [0.15, 0.2) is 0 Å². The third kappa shape index (κ3) is 6.65. The standard InChI is InChI=1S/2C21H17F2N3OS/c2*1-13(27)26-21(28-20(25-26)17-12-16(22)8-9-19(17)23)15(10-11-24)7-6-14-4-2-3-5-18(14)21/h2*2-5,8-9,12,15H,6-7,10H2,1H3/t15-,21+;15-,21-/m10/s1. The Labute approximate surface area is 329 Å². The van der Waals surface area contributed by atoms with Gasteiger partial charge in [0.1, 0.15) is 43.1 Å². The van der Waals surface area contributed by atoms with Gasteiger partial charge in [0.25, 0.3) is 0 Å². The van der Waals surface area contributed by atoms with E-state index in [1.54, 1.807) is 0 Å². The van der Waals surface area contributed by atoms with Crippen LogP contribution in [0.3, 0.4) is 0 Å². The molecule has 2 heterocycles. The largest absolute Gasteiger partial charge is 0.273 e. The number of hydrogen-bond donors (Lipinski definition) is 0. The lowest BCUT2D eigenvalue weighted by Crippen LogP contribution is -2.48. The number of fused-ring (bicyclic) bond motifs is 4. The minimum atomic E-state index is -0.940. The molecule has 8 nitrogen and oxygen atoms in total. The maximum Gasteiger partial charge on any atom is 0.241 e. The van der Waals surface area contributed by atoms with Crippen molar-refractivity contribution in [2.45, 2.75) is 62.1 Å². The lowest BCUT2D eigenvalue weighted by molar-refractivity contribution is -0.134. The molecule has 0 radical (unpaired) electrons. The summed E-state index contributed by atoms with van der Waals surface area (Å²) in [5, 5.41) is 30.8. The number of carbonyl (C=O) groups is 2. The fourth-order valence-electron chi connectivity index (χ4n) is 8.12. The van der Waals surface area contributed by atoms with E-state index < -0.39 is 33.0 Å². The molecule has 4 aromatic rings. The van der Waals surface area contributed by atoms with Crippen molar-refractivity contribution >= 4 is 45.4 Å². The van der Waals surface area contributed by atoms with E-state index in [9.17, 15) is 37.7 Å². The zero-order valence-electron chi connectivity index (χ0n) is 30.3. The summed E-state index contributed by atoms with van der Waals surface area (Å²) in [5.41, 5.74) is 3.99. The predicted molar refractivity (Wildman–Crippen MR) is 206 cm³/mol. The Kier molecular flexibility index (Phi) is 10.8. The minimum Gasteiger partial charge on any atom is -0.273 e. The molecule has 0 saturated heterocycles. The first-order chi connectivity index (χ1) is 26.9. The molecule has 2 aliphatic carbocycles. The number of halogens is 4. The number of aryl methyl sites for hydroxylation is 2. The van der Waals surface area contributed by atoms with E-state index in [0.29, 0.717) is 12.8 Å². The van der Waals surface area contributed by atoms with Gasteiger partial charge in [0, 0.05) is 49.7 Å². The highest BCUT2D eigenvalue weighted by Crippen LogP contribution is 2.59. The van der Waals surface area contributed by atoms with Gasteiger partial charge in [0.2, 0.25) is 11.8 Å². The van der Waals surface area contributed by atoms with Crippen molar-refractivity contribution in [2.24, 2.45) is 22.0 Å². The number of thioether (sulfide) groups is 2. The number of hydrogen-bond acceptors (Lipinski definition) is 8. The summed E-state index contributed by atoms with van der Waals surface area (Å²) in [4.78, 5) is 23.2. The molecule has 0 N–H and O–H groups in total. The van der Waals surface area contributed by atoms with Gasteiger partial charge >= 0.3 is 0 Å². The molecule has 0 bridgehead atoms. The van der Waals surface area contributed by atoms with E-state index in [-0.39, 0.29) is 57.7 Å². The third-order valence-corrected chi connectivity index (χ3v) is 13.6. The molecular weight excluding hydrogens is 761 g/mol. The average molecular weight is 795 g/mol. The fraction of sp³-hybridized carbons (Fsp3) is 0.286. The van der Waals surface area contributed by atoms with Crippen LogP contribution in [0.15, 0.2) is 95.1 Å². The van der Waals surface area contributed by atoms with Crippen molar-refractivity contribution in [3.05, 3.63) is 142 Å². The Balaban J connectivity index is 0.000000172. The highest BCUT2D eigenvalue weighted by atomic mass is 32.2.